The van der Waals surface area contributed by atoms with Crippen LogP contribution >= 0.6 is 23.4 Å². The van der Waals surface area contributed by atoms with Crippen LogP contribution in [0.4, 0.5) is 8.78 Å². The van der Waals surface area contributed by atoms with E-state index in [1.165, 1.54) is 0 Å². The van der Waals surface area contributed by atoms with Gasteiger partial charge in [-0.05, 0) is 6.26 Å². The Bertz CT molecular complexity index is 105. The van der Waals surface area contributed by atoms with Crippen LogP contribution in [0.25, 0.3) is 0 Å². The van der Waals surface area contributed by atoms with E-state index in [0.29, 0.717) is 19.0 Å². The van der Waals surface area contributed by atoms with Crippen molar-refractivity contribution in [1.82, 2.24) is 4.90 Å². The highest BCUT2D eigenvalue weighted by atomic mass is 35.5. The summed E-state index contributed by atoms with van der Waals surface area (Å²) < 4.78 is 23.9. The van der Waals surface area contributed by atoms with E-state index in [-0.39, 0.29) is 6.54 Å². The summed E-state index contributed by atoms with van der Waals surface area (Å²) in [6.07, 6.45) is -0.295. The average molecular weight is 218 g/mol. The van der Waals surface area contributed by atoms with E-state index in [0.717, 1.165) is 5.75 Å². The molecule has 0 spiro atoms. The molecule has 0 aromatic carbocycles. The minimum Gasteiger partial charge on any atom is -0.296 e. The third kappa shape index (κ3) is 7.13. The quantitative estimate of drug-likeness (QED) is 0.602. The summed E-state index contributed by atoms with van der Waals surface area (Å²) in [5.74, 6) is 1.30. The molecule has 0 saturated heterocycles. The zero-order valence-corrected chi connectivity index (χ0v) is 8.67. The minimum atomic E-state index is -2.25. The standard InChI is InChI=1S/C7H14ClF2NS/c1-12-5-4-11(3-2-8)6-7(9)10/h7H,2-6H2,1H3. The summed E-state index contributed by atoms with van der Waals surface area (Å²) >= 11 is 7.12. The van der Waals surface area contributed by atoms with E-state index in [4.69, 9.17) is 11.6 Å². The van der Waals surface area contributed by atoms with Gasteiger partial charge in [-0.3, -0.25) is 4.90 Å². The second-order valence-corrected chi connectivity index (χ2v) is 3.74. The van der Waals surface area contributed by atoms with E-state index in [1.54, 1.807) is 16.7 Å². The highest BCUT2D eigenvalue weighted by Gasteiger charge is 2.10. The molecule has 0 aliphatic heterocycles. The topological polar surface area (TPSA) is 3.24 Å². The van der Waals surface area contributed by atoms with E-state index in [9.17, 15) is 8.78 Å². The minimum absolute atomic E-state index is 0.159. The molecule has 0 aliphatic carbocycles. The number of nitrogens with zero attached hydrogens (tertiary/aromatic N) is 1. The van der Waals surface area contributed by atoms with E-state index < -0.39 is 6.43 Å². The largest absolute Gasteiger partial charge is 0.296 e. The SMILES string of the molecule is CSCCN(CCCl)CC(F)F. The molecule has 0 heterocycles. The fourth-order valence-corrected chi connectivity index (χ4v) is 1.51. The van der Waals surface area contributed by atoms with Crippen molar-refractivity contribution in [3.05, 3.63) is 0 Å². The predicted octanol–water partition coefficient (Wildman–Crippen LogP) is 2.16. The molecular weight excluding hydrogens is 204 g/mol. The van der Waals surface area contributed by atoms with Gasteiger partial charge in [-0.15, -0.1) is 11.6 Å². The second kappa shape index (κ2) is 8.08. The van der Waals surface area contributed by atoms with Gasteiger partial charge in [0.2, 0.25) is 0 Å². The van der Waals surface area contributed by atoms with Crippen molar-refractivity contribution < 1.29 is 8.78 Å². The predicted molar refractivity (Wildman–Crippen MR) is 51.5 cm³/mol. The van der Waals surface area contributed by atoms with Gasteiger partial charge in [0.15, 0.2) is 0 Å². The Morgan fingerprint density at radius 1 is 1.42 bits per heavy atom. The molecule has 0 amide bonds. The normalized spacial score (nSPS) is 11.5. The maximum absolute atomic E-state index is 11.9. The molecular formula is C7H14ClF2NS. The first kappa shape index (κ1) is 12.5. The van der Waals surface area contributed by atoms with Gasteiger partial charge < -0.3 is 0 Å². The Morgan fingerprint density at radius 2 is 2.08 bits per heavy atom. The third-order valence-electron chi connectivity index (χ3n) is 1.41. The zero-order valence-electron chi connectivity index (χ0n) is 7.10. The lowest BCUT2D eigenvalue weighted by atomic mass is 10.5. The van der Waals surface area contributed by atoms with Gasteiger partial charge >= 0.3 is 0 Å². The van der Waals surface area contributed by atoms with Gasteiger partial charge in [0.25, 0.3) is 6.43 Å². The van der Waals surface area contributed by atoms with Gasteiger partial charge in [-0.25, -0.2) is 8.78 Å². The molecule has 0 bridgehead atoms. The first-order valence-corrected chi connectivity index (χ1v) is 5.69. The van der Waals surface area contributed by atoms with Crippen LogP contribution in [-0.2, 0) is 0 Å². The molecule has 0 rings (SSSR count). The van der Waals surface area contributed by atoms with Gasteiger partial charge in [0.1, 0.15) is 0 Å². The summed E-state index contributed by atoms with van der Waals surface area (Å²) in [4.78, 5) is 1.69. The molecule has 0 aromatic rings. The Kier molecular flexibility index (Phi) is 8.39. The molecule has 0 fully saturated rings. The van der Waals surface area contributed by atoms with Crippen molar-refractivity contribution in [2.45, 2.75) is 6.43 Å². The number of alkyl halides is 3. The van der Waals surface area contributed by atoms with Crippen LogP contribution < -0.4 is 0 Å². The van der Waals surface area contributed by atoms with E-state index in [2.05, 4.69) is 0 Å². The third-order valence-corrected chi connectivity index (χ3v) is 2.17. The molecule has 12 heavy (non-hydrogen) atoms. The number of thioether (sulfide) groups is 1. The van der Waals surface area contributed by atoms with Crippen LogP contribution in [-0.4, -0.2) is 48.8 Å². The monoisotopic (exact) mass is 217 g/mol. The van der Waals surface area contributed by atoms with Crippen LogP contribution in [0.15, 0.2) is 0 Å². The molecule has 0 aliphatic rings. The number of rotatable bonds is 7. The van der Waals surface area contributed by atoms with Gasteiger partial charge in [-0.1, -0.05) is 0 Å². The Labute approximate surface area is 81.4 Å². The molecule has 0 aromatic heterocycles. The maximum Gasteiger partial charge on any atom is 0.251 e. The lowest BCUT2D eigenvalue weighted by Crippen LogP contribution is -2.32. The molecule has 0 unspecified atom stereocenters. The van der Waals surface area contributed by atoms with Crippen molar-refractivity contribution in [3.63, 3.8) is 0 Å². The van der Waals surface area contributed by atoms with Crippen molar-refractivity contribution in [3.8, 4) is 0 Å². The van der Waals surface area contributed by atoms with Crippen LogP contribution in [0.2, 0.25) is 0 Å². The summed E-state index contributed by atoms with van der Waals surface area (Å²) in [7, 11) is 0. The van der Waals surface area contributed by atoms with Crippen LogP contribution in [0.3, 0.4) is 0 Å². The highest BCUT2D eigenvalue weighted by molar-refractivity contribution is 7.98. The van der Waals surface area contributed by atoms with Crippen molar-refractivity contribution >= 4 is 23.4 Å². The Balaban J connectivity index is 3.54. The Morgan fingerprint density at radius 3 is 2.50 bits per heavy atom. The lowest BCUT2D eigenvalue weighted by Gasteiger charge is -2.19. The number of hydrogen-bond donors (Lipinski definition) is 0. The molecule has 0 saturated carbocycles. The molecule has 0 N–H and O–H groups in total. The van der Waals surface area contributed by atoms with Crippen LogP contribution in [0.1, 0.15) is 0 Å². The zero-order chi connectivity index (χ0) is 9.40. The highest BCUT2D eigenvalue weighted by Crippen LogP contribution is 2.01. The average Bonchev–Trinajstić information content (AvgIpc) is 2.00. The van der Waals surface area contributed by atoms with E-state index >= 15 is 0 Å². The first-order chi connectivity index (χ1) is 5.70. The maximum atomic E-state index is 11.9. The number of hydrogen-bond acceptors (Lipinski definition) is 2. The molecule has 5 heteroatoms. The van der Waals surface area contributed by atoms with Gasteiger partial charge in [-0.2, -0.15) is 11.8 Å². The first-order valence-electron chi connectivity index (χ1n) is 3.76. The molecule has 1 nitrogen and oxygen atoms in total. The van der Waals surface area contributed by atoms with Crippen LogP contribution in [0, 0.1) is 0 Å². The molecule has 0 radical (unpaired) electrons. The lowest BCUT2D eigenvalue weighted by molar-refractivity contribution is 0.0943. The second-order valence-electron chi connectivity index (χ2n) is 2.37. The van der Waals surface area contributed by atoms with Gasteiger partial charge in [0, 0.05) is 24.7 Å². The number of halogens is 3. The molecule has 74 valence electrons. The van der Waals surface area contributed by atoms with Crippen molar-refractivity contribution in [2.75, 3.05) is 37.5 Å². The van der Waals surface area contributed by atoms with Crippen LogP contribution in [0.5, 0.6) is 0 Å². The summed E-state index contributed by atoms with van der Waals surface area (Å²) in [5, 5.41) is 0. The van der Waals surface area contributed by atoms with Crippen molar-refractivity contribution in [1.29, 1.82) is 0 Å². The Hall–Kier alpha value is 0.460. The fourth-order valence-electron chi connectivity index (χ4n) is 0.829. The fraction of sp³-hybridized carbons (Fsp3) is 1.00. The summed E-state index contributed by atoms with van der Waals surface area (Å²) in [5.41, 5.74) is 0. The van der Waals surface area contributed by atoms with Crippen molar-refractivity contribution in [2.24, 2.45) is 0 Å². The van der Waals surface area contributed by atoms with E-state index in [1.807, 2.05) is 6.26 Å². The smallest absolute Gasteiger partial charge is 0.251 e. The summed E-state index contributed by atoms with van der Waals surface area (Å²) in [6, 6.07) is 0. The summed E-state index contributed by atoms with van der Waals surface area (Å²) in [6.45, 7) is 1.08. The van der Waals surface area contributed by atoms with Gasteiger partial charge in [0.05, 0.1) is 6.54 Å². The molecule has 0 atom stereocenters.